The summed E-state index contributed by atoms with van der Waals surface area (Å²) in [7, 11) is 1.59. The van der Waals surface area contributed by atoms with Gasteiger partial charge in [-0.3, -0.25) is 9.59 Å². The van der Waals surface area contributed by atoms with E-state index in [0.717, 1.165) is 30.9 Å². The number of ether oxygens (including phenoxy) is 3. The number of unbranched alkanes of at least 4 members (excludes halogenated alkanes) is 2. The van der Waals surface area contributed by atoms with Crippen molar-refractivity contribution < 1.29 is 27.8 Å². The summed E-state index contributed by atoms with van der Waals surface area (Å²) in [6, 6.07) is 15.8. The lowest BCUT2D eigenvalue weighted by Gasteiger charge is -2.26. The summed E-state index contributed by atoms with van der Waals surface area (Å²) in [4.78, 5) is 29.2. The Hall–Kier alpha value is -4.33. The van der Waals surface area contributed by atoms with Crippen molar-refractivity contribution in [1.82, 2.24) is 4.90 Å². The number of benzene rings is 3. The Bertz CT molecular complexity index is 1580. The lowest BCUT2D eigenvalue weighted by molar-refractivity contribution is 0.0714. The van der Waals surface area contributed by atoms with Crippen LogP contribution in [0.4, 0.5) is 4.39 Å². The first-order valence-electron chi connectivity index (χ1n) is 13.5. The molecule has 0 bridgehead atoms. The van der Waals surface area contributed by atoms with E-state index in [9.17, 15) is 14.0 Å². The average Bonchev–Trinajstić information content (AvgIpc) is 3.24. The quantitative estimate of drug-likeness (QED) is 0.196. The summed E-state index contributed by atoms with van der Waals surface area (Å²) in [6.45, 7) is 5.20. The Morgan fingerprint density at radius 1 is 0.925 bits per heavy atom. The molecule has 40 heavy (non-hydrogen) atoms. The molecule has 0 saturated heterocycles. The van der Waals surface area contributed by atoms with Gasteiger partial charge in [-0.2, -0.15) is 0 Å². The number of carbonyl (C=O) groups is 1. The second kappa shape index (κ2) is 11.8. The topological polar surface area (TPSA) is 78.2 Å². The van der Waals surface area contributed by atoms with Crippen molar-refractivity contribution in [1.29, 1.82) is 0 Å². The molecule has 1 aromatic heterocycles. The van der Waals surface area contributed by atoms with Crippen LogP contribution in [0.5, 0.6) is 17.2 Å². The van der Waals surface area contributed by atoms with Crippen LogP contribution in [0.1, 0.15) is 66.4 Å². The Morgan fingerprint density at radius 2 is 1.73 bits per heavy atom. The van der Waals surface area contributed by atoms with E-state index in [1.165, 1.54) is 12.1 Å². The first kappa shape index (κ1) is 27.2. The van der Waals surface area contributed by atoms with Crippen LogP contribution in [0.25, 0.3) is 11.0 Å². The van der Waals surface area contributed by atoms with Crippen LogP contribution < -0.4 is 19.6 Å². The van der Waals surface area contributed by atoms with Gasteiger partial charge in [0.1, 0.15) is 17.1 Å². The van der Waals surface area contributed by atoms with E-state index in [1.807, 2.05) is 49.4 Å². The Kier molecular flexibility index (Phi) is 8.05. The molecule has 1 aliphatic heterocycles. The number of amides is 1. The molecule has 1 amide bonds. The van der Waals surface area contributed by atoms with E-state index >= 15 is 0 Å². The predicted molar refractivity (Wildman–Crippen MR) is 150 cm³/mol. The molecule has 2 heterocycles. The van der Waals surface area contributed by atoms with E-state index < -0.39 is 23.2 Å². The number of carbonyl (C=O) groups excluding carboxylic acids is 1. The molecule has 1 unspecified atom stereocenters. The second-order valence-electron chi connectivity index (χ2n) is 9.69. The van der Waals surface area contributed by atoms with Crippen LogP contribution >= 0.6 is 0 Å². The van der Waals surface area contributed by atoms with E-state index in [2.05, 4.69) is 6.92 Å². The van der Waals surface area contributed by atoms with Crippen molar-refractivity contribution in [3.05, 3.63) is 99.2 Å². The first-order chi connectivity index (χ1) is 19.4. The van der Waals surface area contributed by atoms with Crippen molar-refractivity contribution in [2.45, 2.75) is 45.7 Å². The van der Waals surface area contributed by atoms with Crippen LogP contribution in [0.15, 0.2) is 69.9 Å². The zero-order chi connectivity index (χ0) is 28.2. The second-order valence-corrected chi connectivity index (χ2v) is 9.69. The molecule has 0 aliphatic carbocycles. The van der Waals surface area contributed by atoms with Gasteiger partial charge in [-0.05, 0) is 66.9 Å². The third-order valence-corrected chi connectivity index (χ3v) is 7.03. The van der Waals surface area contributed by atoms with Crippen LogP contribution in [0.2, 0.25) is 0 Å². The van der Waals surface area contributed by atoms with Crippen molar-refractivity contribution in [3.63, 3.8) is 0 Å². The molecule has 1 atom stereocenters. The zero-order valence-electron chi connectivity index (χ0n) is 22.9. The van der Waals surface area contributed by atoms with E-state index in [4.69, 9.17) is 18.6 Å². The van der Waals surface area contributed by atoms with Gasteiger partial charge < -0.3 is 23.5 Å². The van der Waals surface area contributed by atoms with E-state index in [0.29, 0.717) is 36.0 Å². The van der Waals surface area contributed by atoms with Crippen molar-refractivity contribution in [2.24, 2.45) is 0 Å². The summed E-state index contributed by atoms with van der Waals surface area (Å²) in [5.41, 5.74) is 1.40. The lowest BCUT2D eigenvalue weighted by Crippen LogP contribution is -2.29. The fourth-order valence-corrected chi connectivity index (χ4v) is 5.05. The normalized spacial score (nSPS) is 14.4. The molecule has 0 N–H and O–H groups in total. The largest absolute Gasteiger partial charge is 0.497 e. The SMILES string of the molecule is CCCCCOc1ccc(C2c3c(oc4ccc(F)cc4c3=O)C(=O)N2Cc2ccc(OC)cc2)cc1OCC. The van der Waals surface area contributed by atoms with E-state index in [1.54, 1.807) is 12.0 Å². The maximum absolute atomic E-state index is 14.1. The summed E-state index contributed by atoms with van der Waals surface area (Å²) < 4.78 is 37.3. The molecule has 3 aromatic carbocycles. The fraction of sp³-hybridized carbons (Fsp3) is 0.312. The van der Waals surface area contributed by atoms with Gasteiger partial charge in [0.15, 0.2) is 16.9 Å². The number of halogens is 1. The zero-order valence-corrected chi connectivity index (χ0v) is 22.9. The highest BCUT2D eigenvalue weighted by Crippen LogP contribution is 2.42. The first-order valence-corrected chi connectivity index (χ1v) is 13.5. The number of nitrogens with zero attached hydrogens (tertiary/aromatic N) is 1. The van der Waals surface area contributed by atoms with Crippen LogP contribution in [-0.2, 0) is 6.54 Å². The molecule has 0 spiro atoms. The number of hydrogen-bond acceptors (Lipinski definition) is 6. The van der Waals surface area contributed by atoms with Gasteiger partial charge in [0.2, 0.25) is 5.76 Å². The van der Waals surface area contributed by atoms with Gasteiger partial charge in [-0.1, -0.05) is 38.0 Å². The molecule has 208 valence electrons. The van der Waals surface area contributed by atoms with Gasteiger partial charge >= 0.3 is 0 Å². The van der Waals surface area contributed by atoms with Gasteiger partial charge in [0.25, 0.3) is 5.91 Å². The molecular weight excluding hydrogens is 513 g/mol. The Balaban J connectivity index is 1.62. The lowest BCUT2D eigenvalue weighted by atomic mass is 9.97. The molecule has 4 aromatic rings. The highest BCUT2D eigenvalue weighted by Gasteiger charge is 2.43. The summed E-state index contributed by atoms with van der Waals surface area (Å²) in [5, 5.41) is 0.0868. The number of hydrogen-bond donors (Lipinski definition) is 0. The van der Waals surface area contributed by atoms with Crippen molar-refractivity contribution in [2.75, 3.05) is 20.3 Å². The number of fused-ring (bicyclic) bond motifs is 2. The molecule has 1 aliphatic rings. The molecule has 5 rings (SSSR count). The van der Waals surface area contributed by atoms with Gasteiger partial charge in [-0.25, -0.2) is 4.39 Å². The monoisotopic (exact) mass is 545 g/mol. The standard InChI is InChI=1S/C32H32FNO6/c1-4-6-7-16-39-26-14-10-21(17-27(26)38-5-2)29-28-30(35)24-18-22(33)11-15-25(24)40-31(28)32(36)34(29)19-20-8-12-23(37-3)13-9-20/h8-15,17-18,29H,4-7,16,19H2,1-3H3. The third-order valence-electron chi connectivity index (χ3n) is 7.03. The van der Waals surface area contributed by atoms with Crippen molar-refractivity contribution >= 4 is 16.9 Å². The van der Waals surface area contributed by atoms with Crippen LogP contribution in [0.3, 0.4) is 0 Å². The number of rotatable bonds is 11. The molecular formula is C32H32FNO6. The fourth-order valence-electron chi connectivity index (χ4n) is 5.05. The van der Waals surface area contributed by atoms with Gasteiger partial charge in [0, 0.05) is 6.54 Å². The molecule has 0 saturated carbocycles. The Morgan fingerprint density at radius 3 is 2.45 bits per heavy atom. The maximum atomic E-state index is 14.1. The summed E-state index contributed by atoms with van der Waals surface area (Å²) >= 11 is 0. The van der Waals surface area contributed by atoms with Gasteiger partial charge in [0.05, 0.1) is 37.3 Å². The molecule has 8 heteroatoms. The van der Waals surface area contributed by atoms with Gasteiger partial charge in [-0.15, -0.1) is 0 Å². The molecule has 0 fully saturated rings. The minimum absolute atomic E-state index is 0.0412. The predicted octanol–water partition coefficient (Wildman–Crippen LogP) is 6.65. The van der Waals surface area contributed by atoms with E-state index in [-0.39, 0.29) is 28.8 Å². The highest BCUT2D eigenvalue weighted by atomic mass is 19.1. The molecule has 0 radical (unpaired) electrons. The Labute approximate surface area is 232 Å². The van der Waals surface area contributed by atoms with Crippen LogP contribution in [-0.4, -0.2) is 31.1 Å². The van der Waals surface area contributed by atoms with Crippen molar-refractivity contribution in [3.8, 4) is 17.2 Å². The summed E-state index contributed by atoms with van der Waals surface area (Å²) in [6.07, 6.45) is 3.07. The maximum Gasteiger partial charge on any atom is 0.291 e. The summed E-state index contributed by atoms with van der Waals surface area (Å²) in [5.74, 6) is 0.798. The molecule has 7 nitrogen and oxygen atoms in total. The smallest absolute Gasteiger partial charge is 0.291 e. The van der Waals surface area contributed by atoms with Crippen LogP contribution in [0, 0.1) is 5.82 Å². The third kappa shape index (κ3) is 5.26. The highest BCUT2D eigenvalue weighted by molar-refractivity contribution is 5.99. The number of methoxy groups -OCH3 is 1. The minimum Gasteiger partial charge on any atom is -0.497 e. The average molecular weight is 546 g/mol. The minimum atomic E-state index is -0.776.